The van der Waals surface area contributed by atoms with Crippen LogP contribution in [0, 0.1) is 5.41 Å². The third-order valence-corrected chi connectivity index (χ3v) is 2.09. The second-order valence-electron chi connectivity index (χ2n) is 4.03. The molecule has 0 aliphatic rings. The van der Waals surface area contributed by atoms with Gasteiger partial charge in [0.15, 0.2) is 0 Å². The zero-order chi connectivity index (χ0) is 14.3. The van der Waals surface area contributed by atoms with E-state index in [0.29, 0.717) is 0 Å². The minimum absolute atomic E-state index is 0.158. The van der Waals surface area contributed by atoms with Gasteiger partial charge in [0.2, 0.25) is 0 Å². The Morgan fingerprint density at radius 3 is 2.17 bits per heavy atom. The zero-order valence-corrected chi connectivity index (χ0v) is 10.4. The summed E-state index contributed by atoms with van der Waals surface area (Å²) in [4.78, 5) is 33.1. The topological polar surface area (TPSA) is 89.9 Å². The van der Waals surface area contributed by atoms with Crippen LogP contribution in [0.5, 0.6) is 0 Å². The van der Waals surface area contributed by atoms with Crippen LogP contribution in [-0.2, 0) is 23.9 Å². The average Bonchev–Trinajstić information content (AvgIpc) is 2.32. The van der Waals surface area contributed by atoms with Gasteiger partial charge in [-0.3, -0.25) is 4.79 Å². The van der Waals surface area contributed by atoms with Crippen LogP contribution in [0.15, 0.2) is 24.8 Å². The molecule has 0 aromatic rings. The molecule has 0 rings (SSSR count). The Morgan fingerprint density at radius 1 is 1.28 bits per heavy atom. The Hall–Kier alpha value is -2.11. The van der Waals surface area contributed by atoms with Gasteiger partial charge in [-0.25, -0.2) is 9.59 Å². The van der Waals surface area contributed by atoms with Crippen molar-refractivity contribution in [1.29, 1.82) is 0 Å². The quantitative estimate of drug-likeness (QED) is 0.538. The lowest BCUT2D eigenvalue weighted by atomic mass is 9.93. The number of carboxylic acids is 1. The number of hydrogen-bond acceptors (Lipinski definition) is 5. The number of carbonyl (C=O) groups is 3. The molecule has 1 N–H and O–H groups in total. The minimum atomic E-state index is -1.51. The highest BCUT2D eigenvalue weighted by atomic mass is 16.6. The highest BCUT2D eigenvalue weighted by Gasteiger charge is 2.36. The number of carboxylic acid groups (broad SMARTS) is 1. The fraction of sp³-hybridized carbons (Fsp3) is 0.417. The van der Waals surface area contributed by atoms with E-state index in [0.717, 1.165) is 6.08 Å². The van der Waals surface area contributed by atoms with Crippen molar-refractivity contribution in [2.75, 3.05) is 13.2 Å². The van der Waals surface area contributed by atoms with Gasteiger partial charge in [0.25, 0.3) is 0 Å². The first-order valence-electron chi connectivity index (χ1n) is 5.08. The summed E-state index contributed by atoms with van der Waals surface area (Å²) < 4.78 is 9.42. The van der Waals surface area contributed by atoms with Crippen LogP contribution >= 0.6 is 0 Å². The fourth-order valence-corrected chi connectivity index (χ4v) is 0.803. The maximum atomic E-state index is 11.2. The third kappa shape index (κ3) is 4.82. The normalized spacial score (nSPS) is 13.0. The molecule has 0 amide bonds. The van der Waals surface area contributed by atoms with Crippen LogP contribution in [0.1, 0.15) is 13.8 Å². The summed E-state index contributed by atoms with van der Waals surface area (Å²) in [7, 11) is 0. The van der Waals surface area contributed by atoms with Gasteiger partial charge in [0.05, 0.1) is 0 Å². The van der Waals surface area contributed by atoms with Crippen molar-refractivity contribution in [2.45, 2.75) is 13.8 Å². The van der Waals surface area contributed by atoms with Crippen molar-refractivity contribution in [1.82, 2.24) is 0 Å². The van der Waals surface area contributed by atoms with E-state index < -0.39 is 36.5 Å². The molecule has 0 bridgehead atoms. The van der Waals surface area contributed by atoms with Gasteiger partial charge in [-0.1, -0.05) is 13.2 Å². The molecule has 0 aromatic heterocycles. The second-order valence-corrected chi connectivity index (χ2v) is 4.03. The van der Waals surface area contributed by atoms with Crippen molar-refractivity contribution in [3.63, 3.8) is 0 Å². The second kappa shape index (κ2) is 6.58. The smallest absolute Gasteiger partial charge is 0.333 e. The van der Waals surface area contributed by atoms with E-state index in [-0.39, 0.29) is 5.57 Å². The highest BCUT2D eigenvalue weighted by molar-refractivity contribution is 5.87. The molecule has 6 heteroatoms. The Labute approximate surface area is 105 Å². The number of esters is 2. The van der Waals surface area contributed by atoms with E-state index in [2.05, 4.69) is 17.9 Å². The Bertz CT molecular complexity index is 384. The lowest BCUT2D eigenvalue weighted by Crippen LogP contribution is -2.39. The number of rotatable bonds is 7. The van der Waals surface area contributed by atoms with Crippen LogP contribution in [-0.4, -0.2) is 36.2 Å². The predicted octanol–water partition coefficient (Wildman–Crippen LogP) is 0.926. The van der Waals surface area contributed by atoms with E-state index in [1.165, 1.54) is 13.8 Å². The van der Waals surface area contributed by atoms with Gasteiger partial charge in [-0.15, -0.1) is 0 Å². The molecule has 0 saturated carbocycles. The van der Waals surface area contributed by atoms with Crippen LogP contribution in [0.25, 0.3) is 0 Å². The summed E-state index contributed by atoms with van der Waals surface area (Å²) in [6, 6.07) is 0. The Morgan fingerprint density at radius 2 is 1.78 bits per heavy atom. The molecule has 1 atom stereocenters. The van der Waals surface area contributed by atoms with Crippen molar-refractivity contribution < 1.29 is 29.0 Å². The summed E-state index contributed by atoms with van der Waals surface area (Å²) in [6.07, 6.45) is 0.919. The maximum Gasteiger partial charge on any atom is 0.333 e. The molecular weight excluding hydrogens is 240 g/mol. The van der Waals surface area contributed by atoms with Gasteiger partial charge in [0.1, 0.15) is 18.6 Å². The summed E-state index contributed by atoms with van der Waals surface area (Å²) >= 11 is 0. The first kappa shape index (κ1) is 15.9. The van der Waals surface area contributed by atoms with Crippen LogP contribution in [0.4, 0.5) is 0 Å². The Balaban J connectivity index is 4.57. The van der Waals surface area contributed by atoms with Crippen LogP contribution in [0.2, 0.25) is 0 Å². The molecular formula is C12H16O6. The lowest BCUT2D eigenvalue weighted by Gasteiger charge is -2.23. The molecule has 0 fully saturated rings. The van der Waals surface area contributed by atoms with E-state index in [4.69, 9.17) is 9.84 Å². The van der Waals surface area contributed by atoms with E-state index >= 15 is 0 Å². The summed E-state index contributed by atoms with van der Waals surface area (Å²) in [6.45, 7) is 8.46. The molecule has 0 saturated heterocycles. The molecule has 0 radical (unpaired) electrons. The molecule has 0 aliphatic heterocycles. The van der Waals surface area contributed by atoms with E-state index in [9.17, 15) is 14.4 Å². The van der Waals surface area contributed by atoms with Crippen molar-refractivity contribution in [3.8, 4) is 0 Å². The van der Waals surface area contributed by atoms with Crippen molar-refractivity contribution >= 4 is 17.9 Å². The molecule has 1 unspecified atom stereocenters. The summed E-state index contributed by atoms with van der Waals surface area (Å²) in [5.41, 5.74) is -1.35. The van der Waals surface area contributed by atoms with Gasteiger partial charge >= 0.3 is 17.9 Å². The fourth-order valence-electron chi connectivity index (χ4n) is 0.803. The molecule has 6 nitrogen and oxygen atoms in total. The average molecular weight is 256 g/mol. The molecule has 0 aromatic carbocycles. The molecule has 0 aliphatic carbocycles. The van der Waals surface area contributed by atoms with Crippen LogP contribution in [0.3, 0.4) is 0 Å². The summed E-state index contributed by atoms with van der Waals surface area (Å²) in [5, 5.41) is 9.04. The van der Waals surface area contributed by atoms with Gasteiger partial charge in [-0.2, -0.15) is 0 Å². The molecule has 0 heterocycles. The van der Waals surface area contributed by atoms with Crippen LogP contribution < -0.4 is 0 Å². The monoisotopic (exact) mass is 256 g/mol. The van der Waals surface area contributed by atoms with Gasteiger partial charge in [-0.05, 0) is 13.8 Å². The maximum absolute atomic E-state index is 11.2. The standard InChI is InChI=1S/C12H16O6/c1-5-9(13)17-6-12(4,11(15)16)7-18-10(14)8(2)3/h5H,1-2,6-7H2,3-4H3,(H,15,16). The number of ether oxygens (including phenoxy) is 2. The van der Waals surface area contributed by atoms with E-state index in [1.54, 1.807) is 0 Å². The Kier molecular flexibility index (Phi) is 5.81. The summed E-state index contributed by atoms with van der Waals surface area (Å²) in [5.74, 6) is -2.68. The first-order valence-corrected chi connectivity index (χ1v) is 5.08. The van der Waals surface area contributed by atoms with E-state index in [1.807, 2.05) is 0 Å². The SMILES string of the molecule is C=CC(=O)OCC(C)(COC(=O)C(=C)C)C(=O)O. The third-order valence-electron chi connectivity index (χ3n) is 2.09. The predicted molar refractivity (Wildman–Crippen MR) is 62.7 cm³/mol. The molecule has 100 valence electrons. The van der Waals surface area contributed by atoms with Gasteiger partial charge < -0.3 is 14.6 Å². The number of aliphatic carboxylic acids is 1. The molecule has 0 spiro atoms. The lowest BCUT2D eigenvalue weighted by molar-refractivity contribution is -0.163. The van der Waals surface area contributed by atoms with Crippen molar-refractivity contribution in [2.24, 2.45) is 5.41 Å². The zero-order valence-electron chi connectivity index (χ0n) is 10.4. The highest BCUT2D eigenvalue weighted by Crippen LogP contribution is 2.18. The number of hydrogen-bond donors (Lipinski definition) is 1. The number of carbonyl (C=O) groups excluding carboxylic acids is 2. The first-order chi connectivity index (χ1) is 8.23. The van der Waals surface area contributed by atoms with Gasteiger partial charge in [0, 0.05) is 11.6 Å². The largest absolute Gasteiger partial charge is 0.481 e. The van der Waals surface area contributed by atoms with Crippen molar-refractivity contribution in [3.05, 3.63) is 24.8 Å². The minimum Gasteiger partial charge on any atom is -0.481 e. The molecule has 18 heavy (non-hydrogen) atoms.